The molecule has 1 heterocycles. The van der Waals surface area contributed by atoms with Crippen molar-refractivity contribution in [3.05, 3.63) is 46.0 Å². The average molecular weight is 306 g/mol. The van der Waals surface area contributed by atoms with E-state index >= 15 is 0 Å². The number of aromatic carboxylic acids is 1. The van der Waals surface area contributed by atoms with E-state index < -0.39 is 36.1 Å². The maximum absolute atomic E-state index is 13.5. The van der Waals surface area contributed by atoms with Gasteiger partial charge in [-0.25, -0.2) is 22.6 Å². The van der Waals surface area contributed by atoms with Gasteiger partial charge in [-0.1, -0.05) is 16.8 Å². The van der Waals surface area contributed by atoms with Crippen molar-refractivity contribution in [3.63, 3.8) is 0 Å². The standard InChI is InChI=1S/C11H7ClF3N3O2/c12-6-1-2-7(13)5(3-6)4-18-9(10(14)15)8(11(19)20)16-17-18/h1-3,10H,4H2,(H,19,20). The highest BCUT2D eigenvalue weighted by molar-refractivity contribution is 6.30. The Labute approximate surface area is 115 Å². The Morgan fingerprint density at radius 1 is 1.45 bits per heavy atom. The molecule has 0 bridgehead atoms. The second-order valence-corrected chi connectivity index (χ2v) is 4.26. The lowest BCUT2D eigenvalue weighted by Gasteiger charge is -2.07. The minimum Gasteiger partial charge on any atom is -0.476 e. The van der Waals surface area contributed by atoms with Crippen LogP contribution in [0.2, 0.25) is 5.02 Å². The van der Waals surface area contributed by atoms with Crippen LogP contribution in [0.5, 0.6) is 0 Å². The van der Waals surface area contributed by atoms with Gasteiger partial charge in [-0.05, 0) is 18.2 Å². The van der Waals surface area contributed by atoms with Gasteiger partial charge in [-0.2, -0.15) is 0 Å². The van der Waals surface area contributed by atoms with Crippen LogP contribution in [0.15, 0.2) is 18.2 Å². The Morgan fingerprint density at radius 2 is 2.15 bits per heavy atom. The number of halogens is 4. The SMILES string of the molecule is O=C(O)c1nnn(Cc2cc(Cl)ccc2F)c1C(F)F. The molecule has 0 saturated carbocycles. The van der Waals surface area contributed by atoms with Crippen LogP contribution in [0, 0.1) is 5.82 Å². The lowest BCUT2D eigenvalue weighted by atomic mass is 10.2. The third kappa shape index (κ3) is 2.74. The maximum Gasteiger partial charge on any atom is 0.358 e. The van der Waals surface area contributed by atoms with E-state index in [9.17, 15) is 18.0 Å². The Bertz CT molecular complexity index is 660. The molecule has 2 rings (SSSR count). The average Bonchev–Trinajstić information content (AvgIpc) is 2.78. The second-order valence-electron chi connectivity index (χ2n) is 3.82. The maximum atomic E-state index is 13.5. The summed E-state index contributed by atoms with van der Waals surface area (Å²) in [6.07, 6.45) is -3.10. The first-order valence-electron chi connectivity index (χ1n) is 5.29. The summed E-state index contributed by atoms with van der Waals surface area (Å²) in [5.74, 6) is -2.29. The number of benzene rings is 1. The highest BCUT2D eigenvalue weighted by atomic mass is 35.5. The quantitative estimate of drug-likeness (QED) is 0.943. The number of nitrogens with zero attached hydrogens (tertiary/aromatic N) is 3. The second kappa shape index (κ2) is 5.49. The summed E-state index contributed by atoms with van der Waals surface area (Å²) >= 11 is 5.69. The molecule has 0 aliphatic carbocycles. The highest BCUT2D eigenvalue weighted by Gasteiger charge is 2.26. The molecule has 0 radical (unpaired) electrons. The zero-order valence-electron chi connectivity index (χ0n) is 9.73. The molecular formula is C11H7ClF3N3O2. The fourth-order valence-corrected chi connectivity index (χ4v) is 1.83. The van der Waals surface area contributed by atoms with Crippen molar-refractivity contribution in [3.8, 4) is 0 Å². The van der Waals surface area contributed by atoms with Crippen LogP contribution in [0.4, 0.5) is 13.2 Å². The molecule has 0 aliphatic rings. The molecule has 1 aromatic heterocycles. The summed E-state index contributed by atoms with van der Waals surface area (Å²) in [6, 6.07) is 3.63. The minimum absolute atomic E-state index is 0.00115. The Balaban J connectivity index is 2.43. The molecule has 1 aromatic carbocycles. The predicted octanol–water partition coefficient (Wildman–Crippen LogP) is 2.75. The van der Waals surface area contributed by atoms with Crippen molar-refractivity contribution in [2.75, 3.05) is 0 Å². The molecule has 0 fully saturated rings. The summed E-state index contributed by atoms with van der Waals surface area (Å²) in [6.45, 7) is -0.396. The van der Waals surface area contributed by atoms with Crippen LogP contribution in [0.3, 0.4) is 0 Å². The van der Waals surface area contributed by atoms with E-state index in [0.29, 0.717) is 4.68 Å². The van der Waals surface area contributed by atoms with Gasteiger partial charge in [-0.15, -0.1) is 5.10 Å². The van der Waals surface area contributed by atoms with E-state index in [2.05, 4.69) is 10.3 Å². The molecule has 0 amide bonds. The number of rotatable bonds is 4. The van der Waals surface area contributed by atoms with Crippen molar-refractivity contribution >= 4 is 17.6 Å². The Morgan fingerprint density at radius 3 is 2.75 bits per heavy atom. The van der Waals surface area contributed by atoms with Crippen molar-refractivity contribution in [2.45, 2.75) is 13.0 Å². The monoisotopic (exact) mass is 305 g/mol. The molecule has 9 heteroatoms. The van der Waals surface area contributed by atoms with Gasteiger partial charge < -0.3 is 5.11 Å². The number of aromatic nitrogens is 3. The number of carboxylic acid groups (broad SMARTS) is 1. The van der Waals surface area contributed by atoms with Gasteiger partial charge in [0.2, 0.25) is 0 Å². The number of carbonyl (C=O) groups is 1. The fraction of sp³-hybridized carbons (Fsp3) is 0.182. The molecule has 20 heavy (non-hydrogen) atoms. The molecule has 1 N–H and O–H groups in total. The molecule has 0 atom stereocenters. The van der Waals surface area contributed by atoms with E-state index in [1.807, 2.05) is 0 Å². The minimum atomic E-state index is -3.10. The number of hydrogen-bond donors (Lipinski definition) is 1. The van der Waals surface area contributed by atoms with Crippen molar-refractivity contribution < 1.29 is 23.1 Å². The van der Waals surface area contributed by atoms with Crippen LogP contribution in [0.1, 0.15) is 28.2 Å². The van der Waals surface area contributed by atoms with Gasteiger partial charge in [0, 0.05) is 10.6 Å². The third-order valence-electron chi connectivity index (χ3n) is 2.51. The predicted molar refractivity (Wildman–Crippen MR) is 62.5 cm³/mol. The van der Waals surface area contributed by atoms with Crippen molar-refractivity contribution in [1.29, 1.82) is 0 Å². The smallest absolute Gasteiger partial charge is 0.358 e. The summed E-state index contributed by atoms with van der Waals surface area (Å²) in [5, 5.41) is 15.5. The first-order valence-corrected chi connectivity index (χ1v) is 5.66. The van der Waals surface area contributed by atoms with E-state index in [-0.39, 0.29) is 10.6 Å². The third-order valence-corrected chi connectivity index (χ3v) is 2.75. The van der Waals surface area contributed by atoms with Gasteiger partial charge in [0.15, 0.2) is 5.69 Å². The Kier molecular flexibility index (Phi) is 3.93. The number of alkyl halides is 2. The van der Waals surface area contributed by atoms with Gasteiger partial charge in [0.1, 0.15) is 11.5 Å². The molecule has 0 aliphatic heterocycles. The summed E-state index contributed by atoms with van der Waals surface area (Å²) in [7, 11) is 0. The largest absolute Gasteiger partial charge is 0.476 e. The topological polar surface area (TPSA) is 68.0 Å². The molecule has 5 nitrogen and oxygen atoms in total. The number of carboxylic acids is 1. The fourth-order valence-electron chi connectivity index (χ4n) is 1.63. The van der Waals surface area contributed by atoms with Crippen LogP contribution in [-0.2, 0) is 6.54 Å². The first kappa shape index (κ1) is 14.3. The van der Waals surface area contributed by atoms with E-state index in [0.717, 1.165) is 6.07 Å². The van der Waals surface area contributed by atoms with Crippen molar-refractivity contribution in [1.82, 2.24) is 15.0 Å². The zero-order valence-corrected chi connectivity index (χ0v) is 10.5. The van der Waals surface area contributed by atoms with Crippen LogP contribution >= 0.6 is 11.6 Å². The molecule has 0 spiro atoms. The molecule has 2 aromatic rings. The van der Waals surface area contributed by atoms with E-state index in [1.165, 1.54) is 12.1 Å². The lowest BCUT2D eigenvalue weighted by Crippen LogP contribution is -2.10. The summed E-state index contributed by atoms with van der Waals surface area (Å²) < 4.78 is 39.9. The van der Waals surface area contributed by atoms with Crippen molar-refractivity contribution in [2.24, 2.45) is 0 Å². The normalized spacial score (nSPS) is 11.1. The van der Waals surface area contributed by atoms with Gasteiger partial charge in [0.25, 0.3) is 6.43 Å². The van der Waals surface area contributed by atoms with Gasteiger partial charge in [0.05, 0.1) is 6.54 Å². The lowest BCUT2D eigenvalue weighted by molar-refractivity contribution is 0.0675. The van der Waals surface area contributed by atoms with Crippen LogP contribution < -0.4 is 0 Å². The molecular weight excluding hydrogens is 299 g/mol. The first-order chi connectivity index (χ1) is 9.40. The molecule has 106 valence electrons. The molecule has 0 saturated heterocycles. The molecule has 0 unspecified atom stereocenters. The van der Waals surface area contributed by atoms with E-state index in [1.54, 1.807) is 0 Å². The summed E-state index contributed by atoms with van der Waals surface area (Å²) in [4.78, 5) is 10.8. The van der Waals surface area contributed by atoms with Gasteiger partial charge in [-0.3, -0.25) is 0 Å². The highest BCUT2D eigenvalue weighted by Crippen LogP contribution is 2.23. The van der Waals surface area contributed by atoms with Crippen LogP contribution in [0.25, 0.3) is 0 Å². The zero-order chi connectivity index (χ0) is 14.9. The van der Waals surface area contributed by atoms with Crippen LogP contribution in [-0.4, -0.2) is 26.1 Å². The van der Waals surface area contributed by atoms with E-state index in [4.69, 9.17) is 16.7 Å². The number of hydrogen-bond acceptors (Lipinski definition) is 3. The van der Waals surface area contributed by atoms with Gasteiger partial charge >= 0.3 is 5.97 Å². The Hall–Kier alpha value is -2.09. The summed E-state index contributed by atoms with van der Waals surface area (Å²) in [5.41, 5.74) is -1.74.